The second-order valence-electron chi connectivity index (χ2n) is 6.39. The monoisotopic (exact) mass is 447 g/mol. The minimum absolute atomic E-state index is 0.0318. The van der Waals surface area contributed by atoms with Crippen molar-refractivity contribution in [3.05, 3.63) is 53.4 Å². The molecule has 13 heteroatoms. The van der Waals surface area contributed by atoms with Gasteiger partial charge >= 0.3 is 6.18 Å². The van der Waals surface area contributed by atoms with Crippen LogP contribution in [0.25, 0.3) is 11.4 Å². The quantitative estimate of drug-likeness (QED) is 0.548. The molecule has 0 fully saturated rings. The fourth-order valence-corrected chi connectivity index (χ4v) is 2.70. The van der Waals surface area contributed by atoms with Crippen LogP contribution in [0.3, 0.4) is 0 Å². The molecule has 0 unspecified atom stereocenters. The number of amides is 1. The molecule has 1 amide bonds. The summed E-state index contributed by atoms with van der Waals surface area (Å²) >= 11 is 0. The highest BCUT2D eigenvalue weighted by Crippen LogP contribution is 2.29. The summed E-state index contributed by atoms with van der Waals surface area (Å²) < 4.78 is 82.9. The number of rotatable bonds is 7. The lowest BCUT2D eigenvalue weighted by atomic mass is 10.2. The van der Waals surface area contributed by atoms with Gasteiger partial charge in [0, 0.05) is 11.6 Å². The molecule has 3 rings (SSSR count). The summed E-state index contributed by atoms with van der Waals surface area (Å²) in [5.41, 5.74) is -1.87. The third kappa shape index (κ3) is 5.22. The van der Waals surface area contributed by atoms with E-state index in [9.17, 15) is 31.1 Å². The number of carbonyl (C=O) groups is 1. The van der Waals surface area contributed by atoms with Crippen molar-refractivity contribution in [2.45, 2.75) is 38.5 Å². The lowest BCUT2D eigenvalue weighted by molar-refractivity contribution is -0.141. The van der Waals surface area contributed by atoms with Gasteiger partial charge in [-0.3, -0.25) is 9.48 Å². The molecular weight excluding hydrogens is 432 g/mol. The summed E-state index contributed by atoms with van der Waals surface area (Å²) in [6, 6.07) is 4.79. The van der Waals surface area contributed by atoms with Crippen LogP contribution in [0.4, 0.5) is 26.3 Å². The molecule has 2 aromatic heterocycles. The van der Waals surface area contributed by atoms with Crippen molar-refractivity contribution in [3.63, 3.8) is 0 Å². The Morgan fingerprint density at radius 1 is 1.26 bits per heavy atom. The molecule has 166 valence electrons. The average Bonchev–Trinajstić information content (AvgIpc) is 3.33. The molecule has 0 aliphatic carbocycles. The van der Waals surface area contributed by atoms with Gasteiger partial charge < -0.3 is 9.84 Å². The molecule has 2 heterocycles. The van der Waals surface area contributed by atoms with Gasteiger partial charge in [0.15, 0.2) is 5.69 Å². The minimum Gasteiger partial charge on any atom is -0.339 e. The molecular formula is C18H15F6N5O2. The third-order valence-corrected chi connectivity index (χ3v) is 4.15. The molecule has 0 bridgehead atoms. The van der Waals surface area contributed by atoms with Gasteiger partial charge in [0.05, 0.1) is 0 Å². The summed E-state index contributed by atoms with van der Waals surface area (Å²) in [7, 11) is 0. The van der Waals surface area contributed by atoms with E-state index in [1.54, 1.807) is 6.92 Å². The number of hydrogen-bond acceptors (Lipinski definition) is 5. The van der Waals surface area contributed by atoms with Crippen molar-refractivity contribution in [1.82, 2.24) is 25.2 Å². The zero-order valence-electron chi connectivity index (χ0n) is 15.8. The van der Waals surface area contributed by atoms with Gasteiger partial charge in [-0.05, 0) is 18.6 Å². The van der Waals surface area contributed by atoms with Crippen molar-refractivity contribution in [2.24, 2.45) is 0 Å². The Kier molecular flexibility index (Phi) is 6.32. The zero-order chi connectivity index (χ0) is 22.8. The van der Waals surface area contributed by atoms with E-state index in [0.717, 1.165) is 6.07 Å². The van der Waals surface area contributed by atoms with Crippen LogP contribution in [0.5, 0.6) is 0 Å². The van der Waals surface area contributed by atoms with Crippen molar-refractivity contribution in [2.75, 3.05) is 0 Å². The first-order chi connectivity index (χ1) is 14.6. The van der Waals surface area contributed by atoms with E-state index in [4.69, 9.17) is 4.52 Å². The summed E-state index contributed by atoms with van der Waals surface area (Å²) in [5.74, 6) is -1.67. The highest BCUT2D eigenvalue weighted by molar-refractivity contribution is 5.93. The van der Waals surface area contributed by atoms with Crippen molar-refractivity contribution < 1.29 is 35.7 Å². The lowest BCUT2D eigenvalue weighted by Crippen LogP contribution is -2.31. The van der Waals surface area contributed by atoms with Gasteiger partial charge in [0.2, 0.25) is 11.7 Å². The van der Waals surface area contributed by atoms with E-state index in [-0.39, 0.29) is 18.1 Å². The van der Waals surface area contributed by atoms with Crippen LogP contribution in [0.15, 0.2) is 34.9 Å². The molecule has 0 saturated heterocycles. The van der Waals surface area contributed by atoms with Crippen LogP contribution in [-0.4, -0.2) is 32.3 Å². The standard InChI is InChI=1S/C18H15F6N5O2/c1-2-11(17-26-15(28-31-17)9-4-3-5-10(19)6-9)25-16(30)12-7-13(18(22,23)24)27-29(12)8-14(20)21/h3-7,11,14H,2,8H2,1H3,(H,25,30)/t11-/m0/s1. The smallest absolute Gasteiger partial charge is 0.339 e. The Hall–Kier alpha value is -3.38. The molecule has 1 aromatic carbocycles. The molecule has 0 aliphatic rings. The fourth-order valence-electron chi connectivity index (χ4n) is 2.70. The van der Waals surface area contributed by atoms with Crippen LogP contribution in [-0.2, 0) is 12.7 Å². The van der Waals surface area contributed by atoms with E-state index in [1.165, 1.54) is 18.2 Å². The second-order valence-corrected chi connectivity index (χ2v) is 6.39. The maximum atomic E-state index is 13.4. The van der Waals surface area contributed by atoms with Crippen molar-refractivity contribution in [3.8, 4) is 11.4 Å². The normalized spacial score (nSPS) is 12.9. The number of benzene rings is 1. The predicted octanol–water partition coefficient (Wildman–Crippen LogP) is 4.24. The van der Waals surface area contributed by atoms with Crippen LogP contribution in [0.1, 0.15) is 41.5 Å². The molecule has 1 N–H and O–H groups in total. The topological polar surface area (TPSA) is 85.8 Å². The molecule has 31 heavy (non-hydrogen) atoms. The van der Waals surface area contributed by atoms with Gasteiger partial charge in [-0.1, -0.05) is 24.2 Å². The zero-order valence-corrected chi connectivity index (χ0v) is 15.8. The van der Waals surface area contributed by atoms with Crippen LogP contribution in [0.2, 0.25) is 0 Å². The SMILES string of the molecule is CC[C@H](NC(=O)c1cc(C(F)(F)F)nn1CC(F)F)c1nc(-c2cccc(F)c2)no1. The van der Waals surface area contributed by atoms with Gasteiger partial charge in [0.1, 0.15) is 24.1 Å². The Morgan fingerprint density at radius 3 is 2.61 bits per heavy atom. The number of hydrogen-bond donors (Lipinski definition) is 1. The molecule has 0 saturated carbocycles. The molecule has 7 nitrogen and oxygen atoms in total. The van der Waals surface area contributed by atoms with Crippen molar-refractivity contribution in [1.29, 1.82) is 0 Å². The number of aromatic nitrogens is 4. The van der Waals surface area contributed by atoms with Crippen molar-refractivity contribution >= 4 is 5.91 Å². The average molecular weight is 447 g/mol. The molecule has 3 aromatic rings. The Labute approximate surface area is 171 Å². The first-order valence-electron chi connectivity index (χ1n) is 8.92. The Bertz CT molecular complexity index is 1060. The Balaban J connectivity index is 1.84. The van der Waals surface area contributed by atoms with Gasteiger partial charge in [-0.15, -0.1) is 0 Å². The maximum Gasteiger partial charge on any atom is 0.435 e. The lowest BCUT2D eigenvalue weighted by Gasteiger charge is -2.13. The van der Waals surface area contributed by atoms with Crippen LogP contribution < -0.4 is 5.32 Å². The summed E-state index contributed by atoms with van der Waals surface area (Å²) in [6.07, 6.45) is -7.76. The van der Waals surface area contributed by atoms with Gasteiger partial charge in [-0.25, -0.2) is 13.2 Å². The summed E-state index contributed by atoms with van der Waals surface area (Å²) in [4.78, 5) is 16.6. The van der Waals surface area contributed by atoms with E-state index in [1.807, 2.05) is 0 Å². The van der Waals surface area contributed by atoms with E-state index < -0.39 is 48.3 Å². The number of halogens is 6. The van der Waals surface area contributed by atoms with Gasteiger partial charge in [0.25, 0.3) is 12.3 Å². The largest absolute Gasteiger partial charge is 0.435 e. The molecule has 0 radical (unpaired) electrons. The maximum absolute atomic E-state index is 13.4. The highest BCUT2D eigenvalue weighted by Gasteiger charge is 2.36. The summed E-state index contributed by atoms with van der Waals surface area (Å²) in [6.45, 7) is 0.425. The predicted molar refractivity (Wildman–Crippen MR) is 93.4 cm³/mol. The second kappa shape index (κ2) is 8.78. The summed E-state index contributed by atoms with van der Waals surface area (Å²) in [5, 5.41) is 9.14. The number of carbonyl (C=O) groups excluding carboxylic acids is 1. The van der Waals surface area contributed by atoms with Crippen LogP contribution >= 0.6 is 0 Å². The highest BCUT2D eigenvalue weighted by atomic mass is 19.4. The van der Waals surface area contributed by atoms with E-state index >= 15 is 0 Å². The van der Waals surface area contributed by atoms with Gasteiger partial charge in [-0.2, -0.15) is 23.3 Å². The number of nitrogens with zero attached hydrogens (tertiary/aromatic N) is 4. The van der Waals surface area contributed by atoms with E-state index in [0.29, 0.717) is 16.3 Å². The minimum atomic E-state index is -4.92. The third-order valence-electron chi connectivity index (χ3n) is 4.15. The molecule has 1 atom stereocenters. The Morgan fingerprint density at radius 2 is 2.00 bits per heavy atom. The molecule has 0 spiro atoms. The first kappa shape index (κ1) is 22.3. The first-order valence-corrected chi connectivity index (χ1v) is 8.92. The fraction of sp³-hybridized carbons (Fsp3) is 0.333. The van der Waals surface area contributed by atoms with Crippen LogP contribution in [0, 0.1) is 5.82 Å². The number of alkyl halides is 5. The molecule has 0 aliphatic heterocycles. The van der Waals surface area contributed by atoms with E-state index in [2.05, 4.69) is 20.6 Å². The number of nitrogens with one attached hydrogen (secondary N) is 1.